The standard InChI is InChI=1S/C14H20ClFN2O/c1-4-18(5-2)14(19)10-17(3)9-11-12(15)7-6-8-13(11)16/h6-8H,4-5,9-10H2,1-3H3. The van der Waals surface area contributed by atoms with E-state index in [1.807, 2.05) is 13.8 Å². The van der Waals surface area contributed by atoms with Gasteiger partial charge in [-0.05, 0) is 33.0 Å². The van der Waals surface area contributed by atoms with Crippen LogP contribution in [0.15, 0.2) is 18.2 Å². The highest BCUT2D eigenvalue weighted by atomic mass is 35.5. The molecular weight excluding hydrogens is 267 g/mol. The second-order valence-corrected chi connectivity index (χ2v) is 4.85. The summed E-state index contributed by atoms with van der Waals surface area (Å²) in [6.07, 6.45) is 0. The van der Waals surface area contributed by atoms with Crippen LogP contribution in [-0.2, 0) is 11.3 Å². The van der Waals surface area contributed by atoms with Gasteiger partial charge in [0, 0.05) is 30.2 Å². The van der Waals surface area contributed by atoms with Crippen molar-refractivity contribution in [3.05, 3.63) is 34.6 Å². The average molecular weight is 287 g/mol. The number of hydrogen-bond acceptors (Lipinski definition) is 2. The van der Waals surface area contributed by atoms with Gasteiger partial charge < -0.3 is 4.90 Å². The van der Waals surface area contributed by atoms with Crippen LogP contribution in [0.2, 0.25) is 5.02 Å². The fraction of sp³-hybridized carbons (Fsp3) is 0.500. The van der Waals surface area contributed by atoms with Crippen LogP contribution in [-0.4, -0.2) is 42.4 Å². The zero-order valence-electron chi connectivity index (χ0n) is 11.6. The van der Waals surface area contributed by atoms with E-state index in [4.69, 9.17) is 11.6 Å². The van der Waals surface area contributed by atoms with Crippen LogP contribution in [0.25, 0.3) is 0 Å². The Balaban J connectivity index is 2.65. The summed E-state index contributed by atoms with van der Waals surface area (Å²) in [5.74, 6) is -0.297. The summed E-state index contributed by atoms with van der Waals surface area (Å²) in [6, 6.07) is 4.60. The summed E-state index contributed by atoms with van der Waals surface area (Å²) in [5, 5.41) is 0.391. The predicted molar refractivity (Wildman–Crippen MR) is 75.7 cm³/mol. The lowest BCUT2D eigenvalue weighted by Crippen LogP contribution is -2.38. The van der Waals surface area contributed by atoms with Gasteiger partial charge in [-0.2, -0.15) is 0 Å². The maximum atomic E-state index is 13.6. The highest BCUT2D eigenvalue weighted by Gasteiger charge is 2.15. The molecule has 0 aromatic heterocycles. The SMILES string of the molecule is CCN(CC)C(=O)CN(C)Cc1c(F)cccc1Cl. The van der Waals surface area contributed by atoms with Crippen molar-refractivity contribution in [2.45, 2.75) is 20.4 Å². The highest BCUT2D eigenvalue weighted by molar-refractivity contribution is 6.31. The quantitative estimate of drug-likeness (QED) is 0.803. The molecule has 0 spiro atoms. The van der Waals surface area contributed by atoms with E-state index in [1.54, 1.807) is 29.0 Å². The molecule has 0 saturated carbocycles. The van der Waals surface area contributed by atoms with E-state index in [0.717, 1.165) is 0 Å². The van der Waals surface area contributed by atoms with Gasteiger partial charge in [-0.15, -0.1) is 0 Å². The molecule has 0 unspecified atom stereocenters. The number of amides is 1. The van der Waals surface area contributed by atoms with Crippen molar-refractivity contribution in [1.29, 1.82) is 0 Å². The van der Waals surface area contributed by atoms with Crippen molar-refractivity contribution in [2.75, 3.05) is 26.7 Å². The summed E-state index contributed by atoms with van der Waals surface area (Å²) in [7, 11) is 1.78. The van der Waals surface area contributed by atoms with Gasteiger partial charge in [0.25, 0.3) is 0 Å². The zero-order valence-corrected chi connectivity index (χ0v) is 12.4. The number of benzene rings is 1. The summed E-state index contributed by atoms with van der Waals surface area (Å²) in [5.41, 5.74) is 0.430. The molecule has 106 valence electrons. The highest BCUT2D eigenvalue weighted by Crippen LogP contribution is 2.20. The van der Waals surface area contributed by atoms with Gasteiger partial charge in [-0.25, -0.2) is 4.39 Å². The molecule has 1 rings (SSSR count). The molecule has 1 aromatic carbocycles. The Labute approximate surface area is 119 Å². The molecule has 1 amide bonds. The van der Waals surface area contributed by atoms with E-state index >= 15 is 0 Å². The summed E-state index contributed by atoms with van der Waals surface area (Å²) in [6.45, 7) is 5.82. The number of halogens is 2. The van der Waals surface area contributed by atoms with Gasteiger partial charge >= 0.3 is 0 Å². The molecule has 0 aliphatic heterocycles. The third kappa shape index (κ3) is 4.48. The monoisotopic (exact) mass is 286 g/mol. The first kappa shape index (κ1) is 15.9. The molecule has 3 nitrogen and oxygen atoms in total. The smallest absolute Gasteiger partial charge is 0.236 e. The molecule has 19 heavy (non-hydrogen) atoms. The number of carbonyl (C=O) groups is 1. The predicted octanol–water partition coefficient (Wildman–Crippen LogP) is 2.78. The van der Waals surface area contributed by atoms with E-state index < -0.39 is 0 Å². The first-order chi connectivity index (χ1) is 8.99. The minimum absolute atomic E-state index is 0.0416. The van der Waals surface area contributed by atoms with Gasteiger partial charge in [0.2, 0.25) is 5.91 Å². The van der Waals surface area contributed by atoms with Gasteiger partial charge in [-0.3, -0.25) is 9.69 Å². The summed E-state index contributed by atoms with van der Waals surface area (Å²) >= 11 is 5.97. The maximum Gasteiger partial charge on any atom is 0.236 e. The molecule has 0 N–H and O–H groups in total. The topological polar surface area (TPSA) is 23.6 Å². The second kappa shape index (κ2) is 7.46. The lowest BCUT2D eigenvalue weighted by molar-refractivity contribution is -0.131. The maximum absolute atomic E-state index is 13.6. The van der Waals surface area contributed by atoms with E-state index in [0.29, 0.717) is 30.2 Å². The van der Waals surface area contributed by atoms with E-state index in [1.165, 1.54) is 6.07 Å². The van der Waals surface area contributed by atoms with E-state index in [2.05, 4.69) is 0 Å². The van der Waals surface area contributed by atoms with Crippen molar-refractivity contribution in [3.8, 4) is 0 Å². The Hall–Kier alpha value is -1.13. The van der Waals surface area contributed by atoms with Crippen LogP contribution in [0.4, 0.5) is 4.39 Å². The molecule has 0 saturated heterocycles. The Kier molecular flexibility index (Phi) is 6.25. The average Bonchev–Trinajstić information content (AvgIpc) is 2.35. The third-order valence-corrected chi connectivity index (χ3v) is 3.37. The van der Waals surface area contributed by atoms with E-state index in [-0.39, 0.29) is 18.3 Å². The number of nitrogens with zero attached hydrogens (tertiary/aromatic N) is 2. The molecule has 0 heterocycles. The van der Waals surface area contributed by atoms with Crippen LogP contribution >= 0.6 is 11.6 Å². The van der Waals surface area contributed by atoms with Crippen molar-refractivity contribution in [3.63, 3.8) is 0 Å². The number of likely N-dealkylation sites (N-methyl/N-ethyl adjacent to an activating group) is 2. The number of rotatable bonds is 6. The van der Waals surface area contributed by atoms with Gasteiger partial charge in [0.1, 0.15) is 5.82 Å². The first-order valence-corrected chi connectivity index (χ1v) is 6.76. The molecule has 0 atom stereocenters. The molecule has 0 aliphatic carbocycles. The van der Waals surface area contributed by atoms with E-state index in [9.17, 15) is 9.18 Å². The lowest BCUT2D eigenvalue weighted by atomic mass is 10.2. The van der Waals surface area contributed by atoms with Crippen molar-refractivity contribution in [1.82, 2.24) is 9.80 Å². The van der Waals surface area contributed by atoms with Crippen LogP contribution in [0, 0.1) is 5.82 Å². The lowest BCUT2D eigenvalue weighted by Gasteiger charge is -2.23. The van der Waals surface area contributed by atoms with Gasteiger partial charge in [0.15, 0.2) is 0 Å². The Morgan fingerprint density at radius 1 is 1.32 bits per heavy atom. The largest absolute Gasteiger partial charge is 0.342 e. The molecule has 0 radical (unpaired) electrons. The van der Waals surface area contributed by atoms with Crippen LogP contribution < -0.4 is 0 Å². The first-order valence-electron chi connectivity index (χ1n) is 6.38. The minimum Gasteiger partial charge on any atom is -0.342 e. The fourth-order valence-electron chi connectivity index (χ4n) is 1.92. The Morgan fingerprint density at radius 3 is 2.47 bits per heavy atom. The summed E-state index contributed by atoms with van der Waals surface area (Å²) in [4.78, 5) is 15.5. The zero-order chi connectivity index (χ0) is 14.4. The molecule has 0 aliphatic rings. The molecular formula is C14H20ClFN2O. The normalized spacial score (nSPS) is 10.8. The van der Waals surface area contributed by atoms with Crippen molar-refractivity contribution >= 4 is 17.5 Å². The second-order valence-electron chi connectivity index (χ2n) is 4.44. The molecule has 0 bridgehead atoms. The minimum atomic E-state index is -0.338. The summed E-state index contributed by atoms with van der Waals surface area (Å²) < 4.78 is 13.6. The number of hydrogen-bond donors (Lipinski definition) is 0. The molecule has 1 aromatic rings. The Morgan fingerprint density at radius 2 is 1.95 bits per heavy atom. The Bertz CT molecular complexity index is 415. The van der Waals surface area contributed by atoms with Crippen molar-refractivity contribution in [2.24, 2.45) is 0 Å². The van der Waals surface area contributed by atoms with Gasteiger partial charge in [0.05, 0.1) is 6.54 Å². The van der Waals surface area contributed by atoms with Crippen LogP contribution in [0.1, 0.15) is 19.4 Å². The van der Waals surface area contributed by atoms with Crippen LogP contribution in [0.5, 0.6) is 0 Å². The van der Waals surface area contributed by atoms with Crippen LogP contribution in [0.3, 0.4) is 0 Å². The molecule has 0 fully saturated rings. The van der Waals surface area contributed by atoms with Gasteiger partial charge in [-0.1, -0.05) is 17.7 Å². The number of carbonyl (C=O) groups excluding carboxylic acids is 1. The molecule has 5 heteroatoms. The van der Waals surface area contributed by atoms with Crippen molar-refractivity contribution < 1.29 is 9.18 Å². The third-order valence-electron chi connectivity index (χ3n) is 3.01. The fourth-order valence-corrected chi connectivity index (χ4v) is 2.14.